The van der Waals surface area contributed by atoms with Crippen molar-refractivity contribution in [3.05, 3.63) is 59.5 Å². The number of nitrogens with zero attached hydrogens (tertiary/aromatic N) is 2. The van der Waals surface area contributed by atoms with Crippen molar-refractivity contribution in [3.63, 3.8) is 0 Å². The fourth-order valence-electron chi connectivity index (χ4n) is 2.75. The highest BCUT2D eigenvalue weighted by Gasteiger charge is 2.19. The number of hydrogen-bond acceptors (Lipinski definition) is 5. The first-order valence-electron chi connectivity index (χ1n) is 8.65. The number of ether oxygens (including phenoxy) is 2. The summed E-state index contributed by atoms with van der Waals surface area (Å²) in [5, 5.41) is 2.83. The number of carbonyl (C=O) groups excluding carboxylic acids is 2. The minimum Gasteiger partial charge on any atom is -0.493 e. The molecule has 0 saturated heterocycles. The zero-order valence-corrected chi connectivity index (χ0v) is 15.5. The molecule has 1 N–H and O–H groups in total. The first-order chi connectivity index (χ1) is 13.0. The molecule has 2 aromatic heterocycles. The van der Waals surface area contributed by atoms with Crippen molar-refractivity contribution < 1.29 is 19.1 Å². The molecule has 3 rings (SSSR count). The Labute approximate surface area is 156 Å². The van der Waals surface area contributed by atoms with Gasteiger partial charge in [-0.15, -0.1) is 0 Å². The molecule has 0 unspecified atom stereocenters. The van der Waals surface area contributed by atoms with E-state index in [9.17, 15) is 9.59 Å². The molecule has 1 aromatic carbocycles. The SMILES string of the molecule is CCCOC(=O)c1ccc(NC(=O)c2c(C)nc3c(OC)cccn23)cc1. The van der Waals surface area contributed by atoms with Crippen molar-refractivity contribution in [2.24, 2.45) is 0 Å². The zero-order chi connectivity index (χ0) is 19.4. The molecule has 0 aliphatic rings. The zero-order valence-electron chi connectivity index (χ0n) is 15.5. The Morgan fingerprint density at radius 3 is 2.59 bits per heavy atom. The minimum absolute atomic E-state index is 0.297. The van der Waals surface area contributed by atoms with Crippen LogP contribution in [0.4, 0.5) is 5.69 Å². The third-order valence-corrected chi connectivity index (χ3v) is 4.04. The van der Waals surface area contributed by atoms with Crippen LogP contribution in [0, 0.1) is 6.92 Å². The number of anilines is 1. The van der Waals surface area contributed by atoms with Gasteiger partial charge in [0.05, 0.1) is 25.0 Å². The van der Waals surface area contributed by atoms with E-state index in [4.69, 9.17) is 9.47 Å². The van der Waals surface area contributed by atoms with E-state index < -0.39 is 0 Å². The van der Waals surface area contributed by atoms with Crippen molar-refractivity contribution in [1.29, 1.82) is 0 Å². The van der Waals surface area contributed by atoms with Gasteiger partial charge in [-0.05, 0) is 49.7 Å². The lowest BCUT2D eigenvalue weighted by atomic mass is 10.2. The summed E-state index contributed by atoms with van der Waals surface area (Å²) in [6.45, 7) is 4.09. The van der Waals surface area contributed by atoms with Gasteiger partial charge >= 0.3 is 5.97 Å². The van der Waals surface area contributed by atoms with Crippen molar-refractivity contribution in [3.8, 4) is 5.75 Å². The Hall–Kier alpha value is -3.35. The van der Waals surface area contributed by atoms with E-state index in [-0.39, 0.29) is 11.9 Å². The van der Waals surface area contributed by atoms with E-state index in [2.05, 4.69) is 10.3 Å². The van der Waals surface area contributed by atoms with E-state index >= 15 is 0 Å². The number of imidazole rings is 1. The monoisotopic (exact) mass is 367 g/mol. The molecular weight excluding hydrogens is 346 g/mol. The molecule has 7 heteroatoms. The van der Waals surface area contributed by atoms with Crippen LogP contribution in [0.1, 0.15) is 39.9 Å². The molecule has 3 aromatic rings. The number of nitrogens with one attached hydrogen (secondary N) is 1. The highest BCUT2D eigenvalue weighted by atomic mass is 16.5. The fraction of sp³-hybridized carbons (Fsp3) is 0.250. The largest absolute Gasteiger partial charge is 0.493 e. The minimum atomic E-state index is -0.376. The smallest absolute Gasteiger partial charge is 0.338 e. The van der Waals surface area contributed by atoms with Gasteiger partial charge in [-0.3, -0.25) is 9.20 Å². The Bertz CT molecular complexity index is 977. The van der Waals surface area contributed by atoms with Crippen molar-refractivity contribution in [2.75, 3.05) is 19.0 Å². The maximum atomic E-state index is 12.8. The second-order valence-electron chi connectivity index (χ2n) is 5.98. The maximum Gasteiger partial charge on any atom is 0.338 e. The third-order valence-electron chi connectivity index (χ3n) is 4.04. The van der Waals surface area contributed by atoms with E-state index in [1.165, 1.54) is 0 Å². The normalized spacial score (nSPS) is 10.6. The van der Waals surface area contributed by atoms with Gasteiger partial charge in [-0.1, -0.05) is 6.92 Å². The summed E-state index contributed by atoms with van der Waals surface area (Å²) < 4.78 is 12.1. The van der Waals surface area contributed by atoms with Crippen LogP contribution in [-0.4, -0.2) is 35.0 Å². The summed E-state index contributed by atoms with van der Waals surface area (Å²) in [6, 6.07) is 10.2. The molecule has 0 saturated carbocycles. The van der Waals surface area contributed by atoms with Gasteiger partial charge in [-0.2, -0.15) is 0 Å². The number of aryl methyl sites for hydroxylation is 1. The van der Waals surface area contributed by atoms with Gasteiger partial charge in [0.1, 0.15) is 5.69 Å². The molecule has 1 amide bonds. The van der Waals surface area contributed by atoms with Crippen LogP contribution in [0.3, 0.4) is 0 Å². The molecule has 0 atom stereocenters. The highest BCUT2D eigenvalue weighted by molar-refractivity contribution is 6.04. The lowest BCUT2D eigenvalue weighted by Gasteiger charge is -2.08. The summed E-state index contributed by atoms with van der Waals surface area (Å²) in [5.74, 6) is -0.0800. The number of hydrogen-bond donors (Lipinski definition) is 1. The van der Waals surface area contributed by atoms with Crippen molar-refractivity contribution in [1.82, 2.24) is 9.38 Å². The number of methoxy groups -OCH3 is 1. The van der Waals surface area contributed by atoms with Gasteiger partial charge in [0.15, 0.2) is 11.4 Å². The highest BCUT2D eigenvalue weighted by Crippen LogP contribution is 2.22. The maximum absolute atomic E-state index is 12.8. The summed E-state index contributed by atoms with van der Waals surface area (Å²) in [4.78, 5) is 29.0. The summed E-state index contributed by atoms with van der Waals surface area (Å²) in [7, 11) is 1.56. The Balaban J connectivity index is 1.81. The van der Waals surface area contributed by atoms with E-state index in [0.717, 1.165) is 6.42 Å². The molecule has 0 fully saturated rings. The topological polar surface area (TPSA) is 81.9 Å². The Kier molecular flexibility index (Phi) is 5.40. The lowest BCUT2D eigenvalue weighted by molar-refractivity contribution is 0.0505. The van der Waals surface area contributed by atoms with Gasteiger partial charge < -0.3 is 14.8 Å². The average molecular weight is 367 g/mol. The third kappa shape index (κ3) is 3.76. The van der Waals surface area contributed by atoms with Gasteiger partial charge in [0.25, 0.3) is 5.91 Å². The number of aromatic nitrogens is 2. The summed E-state index contributed by atoms with van der Waals surface area (Å²) in [5.41, 5.74) is 2.62. The molecule has 0 aliphatic carbocycles. The number of rotatable bonds is 6. The van der Waals surface area contributed by atoms with Crippen LogP contribution >= 0.6 is 0 Å². The van der Waals surface area contributed by atoms with Crippen LogP contribution < -0.4 is 10.1 Å². The van der Waals surface area contributed by atoms with E-state index in [1.807, 2.05) is 6.92 Å². The quantitative estimate of drug-likeness (QED) is 0.675. The second-order valence-corrected chi connectivity index (χ2v) is 5.98. The van der Waals surface area contributed by atoms with Crippen LogP contribution in [0.15, 0.2) is 42.6 Å². The number of carbonyl (C=O) groups is 2. The molecule has 0 aliphatic heterocycles. The molecule has 0 bridgehead atoms. The summed E-state index contributed by atoms with van der Waals surface area (Å²) in [6.07, 6.45) is 2.53. The van der Waals surface area contributed by atoms with Crippen molar-refractivity contribution >= 4 is 23.2 Å². The Morgan fingerprint density at radius 1 is 1.19 bits per heavy atom. The standard InChI is InChI=1S/C20H21N3O4/c1-4-12-27-20(25)14-7-9-15(10-8-14)22-19(24)17-13(2)21-18-16(26-3)6-5-11-23(17)18/h5-11H,4,12H2,1-3H3,(H,22,24). The first-order valence-corrected chi connectivity index (χ1v) is 8.65. The average Bonchev–Trinajstić information content (AvgIpc) is 3.02. The van der Waals surface area contributed by atoms with Crippen LogP contribution in [0.25, 0.3) is 5.65 Å². The van der Waals surface area contributed by atoms with E-state index in [0.29, 0.717) is 40.6 Å². The predicted octanol–water partition coefficient (Wildman–Crippen LogP) is 3.47. The first kappa shape index (κ1) is 18.4. The number of fused-ring (bicyclic) bond motifs is 1. The fourth-order valence-corrected chi connectivity index (χ4v) is 2.75. The van der Waals surface area contributed by atoms with Gasteiger partial charge in [-0.25, -0.2) is 9.78 Å². The van der Waals surface area contributed by atoms with Crippen LogP contribution in [0.2, 0.25) is 0 Å². The van der Waals surface area contributed by atoms with E-state index in [1.54, 1.807) is 61.0 Å². The molecule has 0 radical (unpaired) electrons. The number of amides is 1. The lowest BCUT2D eigenvalue weighted by Crippen LogP contribution is -2.15. The molecule has 140 valence electrons. The van der Waals surface area contributed by atoms with Crippen LogP contribution in [-0.2, 0) is 4.74 Å². The molecule has 0 spiro atoms. The van der Waals surface area contributed by atoms with Gasteiger partial charge in [0, 0.05) is 11.9 Å². The molecule has 27 heavy (non-hydrogen) atoms. The molecular formula is C20H21N3O4. The summed E-state index contributed by atoms with van der Waals surface area (Å²) >= 11 is 0. The number of benzene rings is 1. The molecule has 2 heterocycles. The Morgan fingerprint density at radius 2 is 1.93 bits per heavy atom. The predicted molar refractivity (Wildman–Crippen MR) is 101 cm³/mol. The number of esters is 1. The van der Waals surface area contributed by atoms with Crippen LogP contribution in [0.5, 0.6) is 5.75 Å². The second kappa shape index (κ2) is 7.90. The number of pyridine rings is 1. The van der Waals surface area contributed by atoms with Crippen molar-refractivity contribution in [2.45, 2.75) is 20.3 Å². The van der Waals surface area contributed by atoms with Gasteiger partial charge in [0.2, 0.25) is 0 Å². The molecule has 7 nitrogen and oxygen atoms in total.